The highest BCUT2D eigenvalue weighted by Crippen LogP contribution is 2.25. The smallest absolute Gasteiger partial charge is 0.282 e. The normalized spacial score (nSPS) is 18.3. The highest BCUT2D eigenvalue weighted by molar-refractivity contribution is 6.31. The lowest BCUT2D eigenvalue weighted by atomic mass is 10.0. The highest BCUT2D eigenvalue weighted by atomic mass is 35.5. The van der Waals surface area contributed by atoms with Gasteiger partial charge in [-0.05, 0) is 25.0 Å². The van der Waals surface area contributed by atoms with E-state index in [0.29, 0.717) is 18.1 Å². The first-order valence-electron chi connectivity index (χ1n) is 5.98. The molecule has 1 fully saturated rings. The van der Waals surface area contributed by atoms with E-state index in [1.165, 1.54) is 18.2 Å². The monoisotopic (exact) mass is 319 g/mol. The number of halogens is 2. The maximum absolute atomic E-state index is 12.3. The van der Waals surface area contributed by atoms with Gasteiger partial charge in [-0.25, -0.2) is 0 Å². The van der Waals surface area contributed by atoms with Gasteiger partial charge in [0.2, 0.25) is 0 Å². The molecule has 6 nitrogen and oxygen atoms in total. The van der Waals surface area contributed by atoms with E-state index < -0.39 is 4.92 Å². The van der Waals surface area contributed by atoms with Gasteiger partial charge in [-0.15, -0.1) is 12.4 Å². The van der Waals surface area contributed by atoms with Crippen LogP contribution in [0.5, 0.6) is 0 Å². The Morgan fingerprint density at radius 3 is 2.80 bits per heavy atom. The average molecular weight is 320 g/mol. The average Bonchev–Trinajstić information content (AvgIpc) is 2.37. The summed E-state index contributed by atoms with van der Waals surface area (Å²) >= 11 is 5.82. The van der Waals surface area contributed by atoms with Gasteiger partial charge in [-0.1, -0.05) is 11.6 Å². The molecule has 1 aliphatic rings. The van der Waals surface area contributed by atoms with Crippen LogP contribution < -0.4 is 5.73 Å². The maximum atomic E-state index is 12.3. The van der Waals surface area contributed by atoms with E-state index in [-0.39, 0.29) is 35.6 Å². The van der Waals surface area contributed by atoms with Gasteiger partial charge in [0.25, 0.3) is 11.6 Å². The zero-order valence-electron chi connectivity index (χ0n) is 10.6. The van der Waals surface area contributed by atoms with Gasteiger partial charge in [0, 0.05) is 30.2 Å². The summed E-state index contributed by atoms with van der Waals surface area (Å²) in [6, 6.07) is 3.91. The molecule has 0 radical (unpaired) electrons. The molecule has 0 bridgehead atoms. The van der Waals surface area contributed by atoms with Crippen molar-refractivity contribution < 1.29 is 9.72 Å². The molecule has 0 aliphatic carbocycles. The highest BCUT2D eigenvalue weighted by Gasteiger charge is 2.27. The lowest BCUT2D eigenvalue weighted by Crippen LogP contribution is -2.45. The van der Waals surface area contributed by atoms with Crippen molar-refractivity contribution in [3.05, 3.63) is 38.9 Å². The fourth-order valence-electron chi connectivity index (χ4n) is 2.20. The molecule has 0 aromatic heterocycles. The van der Waals surface area contributed by atoms with Crippen LogP contribution in [0.2, 0.25) is 5.02 Å². The van der Waals surface area contributed by atoms with Crippen molar-refractivity contribution in [2.24, 2.45) is 5.73 Å². The number of amides is 1. The molecular formula is C12H15Cl2N3O3. The largest absolute Gasteiger partial charge is 0.337 e. The van der Waals surface area contributed by atoms with E-state index in [1.54, 1.807) is 4.90 Å². The fraction of sp³-hybridized carbons (Fsp3) is 0.417. The first-order chi connectivity index (χ1) is 8.99. The standard InChI is InChI=1S/C12H14ClN3O3.ClH/c13-8-3-4-11(16(18)19)10(6-8)12(17)15-5-1-2-9(14)7-15;/h3-4,6,9H,1-2,5,7,14H2;1H. The number of nitrogens with two attached hydrogens (primary N) is 1. The SMILES string of the molecule is Cl.NC1CCCN(C(=O)c2cc(Cl)ccc2[N+](=O)[O-])C1. The van der Waals surface area contributed by atoms with Crippen molar-refractivity contribution in [1.29, 1.82) is 0 Å². The number of hydrogen-bond acceptors (Lipinski definition) is 4. The van der Waals surface area contributed by atoms with Crippen molar-refractivity contribution >= 4 is 35.6 Å². The van der Waals surface area contributed by atoms with Crippen LogP contribution in [0.4, 0.5) is 5.69 Å². The van der Waals surface area contributed by atoms with Crippen molar-refractivity contribution in [3.63, 3.8) is 0 Å². The zero-order valence-corrected chi connectivity index (χ0v) is 12.2. The van der Waals surface area contributed by atoms with Crippen LogP contribution in [0.3, 0.4) is 0 Å². The van der Waals surface area contributed by atoms with Crippen LogP contribution in [0.15, 0.2) is 18.2 Å². The maximum Gasteiger partial charge on any atom is 0.282 e. The summed E-state index contributed by atoms with van der Waals surface area (Å²) in [5.41, 5.74) is 5.61. The summed E-state index contributed by atoms with van der Waals surface area (Å²) < 4.78 is 0. The quantitative estimate of drug-likeness (QED) is 0.668. The van der Waals surface area contributed by atoms with Crippen LogP contribution in [-0.2, 0) is 0 Å². The summed E-state index contributed by atoms with van der Waals surface area (Å²) in [4.78, 5) is 24.3. The summed E-state index contributed by atoms with van der Waals surface area (Å²) in [6.07, 6.45) is 1.67. The number of carbonyl (C=O) groups excluding carboxylic acids is 1. The lowest BCUT2D eigenvalue weighted by Gasteiger charge is -2.30. The van der Waals surface area contributed by atoms with E-state index in [9.17, 15) is 14.9 Å². The Balaban J connectivity index is 0.00000200. The second-order valence-electron chi connectivity index (χ2n) is 4.57. The number of benzene rings is 1. The minimum absolute atomic E-state index is 0. The molecule has 1 aromatic rings. The van der Waals surface area contributed by atoms with Gasteiger partial charge in [-0.3, -0.25) is 14.9 Å². The van der Waals surface area contributed by atoms with E-state index in [1.807, 2.05) is 0 Å². The molecule has 0 saturated carbocycles. The first kappa shape index (κ1) is 16.7. The molecule has 2 rings (SSSR count). The minimum Gasteiger partial charge on any atom is -0.337 e. The Hall–Kier alpha value is -1.37. The summed E-state index contributed by atoms with van der Waals surface area (Å²) in [7, 11) is 0. The molecule has 1 aromatic carbocycles. The molecule has 0 spiro atoms. The summed E-state index contributed by atoms with van der Waals surface area (Å²) in [5.74, 6) is -0.385. The molecule has 20 heavy (non-hydrogen) atoms. The number of hydrogen-bond donors (Lipinski definition) is 1. The molecule has 110 valence electrons. The van der Waals surface area contributed by atoms with Crippen LogP contribution >= 0.6 is 24.0 Å². The number of nitrogens with zero attached hydrogens (tertiary/aromatic N) is 2. The summed E-state index contributed by atoms with van der Waals surface area (Å²) in [6.45, 7) is 0.985. The Labute approximate surface area is 127 Å². The van der Waals surface area contributed by atoms with Gasteiger partial charge < -0.3 is 10.6 Å². The second-order valence-corrected chi connectivity index (χ2v) is 5.01. The molecule has 1 aliphatic heterocycles. The van der Waals surface area contributed by atoms with Crippen LogP contribution in [-0.4, -0.2) is 34.9 Å². The van der Waals surface area contributed by atoms with Crippen molar-refractivity contribution in [3.8, 4) is 0 Å². The number of carbonyl (C=O) groups is 1. The number of piperidine rings is 1. The lowest BCUT2D eigenvalue weighted by molar-refractivity contribution is -0.385. The van der Waals surface area contributed by atoms with Gasteiger partial charge in [-0.2, -0.15) is 0 Å². The Bertz CT molecular complexity index is 525. The molecule has 2 N–H and O–H groups in total. The van der Waals surface area contributed by atoms with E-state index >= 15 is 0 Å². The van der Waals surface area contributed by atoms with Gasteiger partial charge in [0.1, 0.15) is 5.56 Å². The van der Waals surface area contributed by atoms with Gasteiger partial charge in [0.05, 0.1) is 4.92 Å². The molecule has 1 heterocycles. The van der Waals surface area contributed by atoms with Crippen molar-refractivity contribution in [2.45, 2.75) is 18.9 Å². The Morgan fingerprint density at radius 1 is 1.50 bits per heavy atom. The van der Waals surface area contributed by atoms with Crippen LogP contribution in [0.1, 0.15) is 23.2 Å². The second kappa shape index (κ2) is 6.88. The minimum atomic E-state index is -0.576. The van der Waals surface area contributed by atoms with Crippen molar-refractivity contribution in [2.75, 3.05) is 13.1 Å². The first-order valence-corrected chi connectivity index (χ1v) is 6.35. The zero-order chi connectivity index (χ0) is 14.0. The Morgan fingerprint density at radius 2 is 2.20 bits per heavy atom. The molecule has 1 amide bonds. The number of likely N-dealkylation sites (tertiary alicyclic amines) is 1. The molecular weight excluding hydrogens is 305 g/mol. The van der Waals surface area contributed by atoms with Crippen LogP contribution in [0, 0.1) is 10.1 Å². The van der Waals surface area contributed by atoms with E-state index in [0.717, 1.165) is 12.8 Å². The third kappa shape index (κ3) is 3.59. The fourth-order valence-corrected chi connectivity index (χ4v) is 2.38. The summed E-state index contributed by atoms with van der Waals surface area (Å²) in [5, 5.41) is 11.3. The van der Waals surface area contributed by atoms with Gasteiger partial charge >= 0.3 is 0 Å². The van der Waals surface area contributed by atoms with Gasteiger partial charge in [0.15, 0.2) is 0 Å². The van der Waals surface area contributed by atoms with Crippen LogP contribution in [0.25, 0.3) is 0 Å². The van der Waals surface area contributed by atoms with Crippen molar-refractivity contribution in [1.82, 2.24) is 4.90 Å². The van der Waals surface area contributed by atoms with E-state index in [4.69, 9.17) is 17.3 Å². The molecule has 1 atom stereocenters. The Kier molecular flexibility index (Phi) is 5.74. The topological polar surface area (TPSA) is 89.5 Å². The predicted octanol–water partition coefficient (Wildman–Crippen LogP) is 2.23. The number of nitro benzene ring substituents is 1. The third-order valence-electron chi connectivity index (χ3n) is 3.13. The number of nitro groups is 1. The van der Waals surface area contributed by atoms with E-state index in [2.05, 4.69) is 0 Å². The number of rotatable bonds is 2. The predicted molar refractivity (Wildman–Crippen MR) is 78.5 cm³/mol. The molecule has 8 heteroatoms. The molecule has 1 saturated heterocycles. The molecule has 1 unspecified atom stereocenters. The third-order valence-corrected chi connectivity index (χ3v) is 3.37.